The molecule has 1 aromatic carbocycles. The van der Waals surface area contributed by atoms with E-state index in [0.29, 0.717) is 17.8 Å². The second kappa shape index (κ2) is 6.56. The fourth-order valence-electron chi connectivity index (χ4n) is 1.69. The monoisotopic (exact) mass is 293 g/mol. The number of hydrogen-bond acceptors (Lipinski definition) is 4. The second-order valence-corrected chi connectivity index (χ2v) is 6.06. The molecule has 6 heteroatoms. The zero-order valence-electron chi connectivity index (χ0n) is 13.3. The highest BCUT2D eigenvalue weighted by Crippen LogP contribution is 2.28. The standard InChI is InChI=1S/C15H23N3O3/c1-6-15(2,3)10-16-12-9-11(14(19)17(4)5)7-8-13(12)18(20)21/h7-9,16H,6,10H2,1-5H3. The largest absolute Gasteiger partial charge is 0.379 e. The summed E-state index contributed by atoms with van der Waals surface area (Å²) >= 11 is 0. The molecule has 21 heavy (non-hydrogen) atoms. The van der Waals surface area contributed by atoms with Crippen LogP contribution in [0.1, 0.15) is 37.6 Å². The Hall–Kier alpha value is -2.11. The van der Waals surface area contributed by atoms with E-state index in [1.807, 2.05) is 0 Å². The van der Waals surface area contributed by atoms with Gasteiger partial charge in [-0.05, 0) is 24.0 Å². The fraction of sp³-hybridized carbons (Fsp3) is 0.533. The number of carbonyl (C=O) groups is 1. The van der Waals surface area contributed by atoms with Gasteiger partial charge in [0, 0.05) is 32.3 Å². The first kappa shape index (κ1) is 16.9. The van der Waals surface area contributed by atoms with Crippen molar-refractivity contribution >= 4 is 17.3 Å². The zero-order valence-corrected chi connectivity index (χ0v) is 13.3. The van der Waals surface area contributed by atoms with Gasteiger partial charge >= 0.3 is 0 Å². The zero-order chi connectivity index (χ0) is 16.2. The van der Waals surface area contributed by atoms with E-state index in [1.165, 1.54) is 17.0 Å². The van der Waals surface area contributed by atoms with Gasteiger partial charge in [-0.3, -0.25) is 14.9 Å². The molecule has 6 nitrogen and oxygen atoms in total. The van der Waals surface area contributed by atoms with Crippen LogP contribution in [0.2, 0.25) is 0 Å². The van der Waals surface area contributed by atoms with Crippen LogP contribution in [0.25, 0.3) is 0 Å². The molecule has 1 rings (SSSR count). The summed E-state index contributed by atoms with van der Waals surface area (Å²) < 4.78 is 0. The van der Waals surface area contributed by atoms with Crippen LogP contribution in [0, 0.1) is 15.5 Å². The van der Waals surface area contributed by atoms with Crippen LogP contribution in [-0.2, 0) is 0 Å². The molecule has 0 aromatic heterocycles. The molecule has 1 N–H and O–H groups in total. The van der Waals surface area contributed by atoms with Gasteiger partial charge in [0.05, 0.1) is 4.92 Å². The van der Waals surface area contributed by atoms with Crippen molar-refractivity contribution < 1.29 is 9.72 Å². The van der Waals surface area contributed by atoms with Crippen LogP contribution in [0.15, 0.2) is 18.2 Å². The predicted octanol–water partition coefficient (Wildman–Crippen LogP) is 3.14. The third-order valence-corrected chi connectivity index (χ3v) is 3.56. The lowest BCUT2D eigenvalue weighted by Gasteiger charge is -2.23. The molecule has 0 spiro atoms. The highest BCUT2D eigenvalue weighted by Gasteiger charge is 2.20. The van der Waals surface area contributed by atoms with Crippen molar-refractivity contribution in [3.8, 4) is 0 Å². The van der Waals surface area contributed by atoms with Gasteiger partial charge in [0.2, 0.25) is 0 Å². The van der Waals surface area contributed by atoms with Crippen molar-refractivity contribution in [1.82, 2.24) is 4.90 Å². The minimum absolute atomic E-state index is 0.0165. The molecule has 0 atom stereocenters. The van der Waals surface area contributed by atoms with Crippen molar-refractivity contribution in [3.05, 3.63) is 33.9 Å². The molecule has 0 bridgehead atoms. The number of amides is 1. The van der Waals surface area contributed by atoms with E-state index in [1.54, 1.807) is 20.2 Å². The molecule has 1 amide bonds. The van der Waals surface area contributed by atoms with E-state index in [0.717, 1.165) is 6.42 Å². The number of hydrogen-bond donors (Lipinski definition) is 1. The summed E-state index contributed by atoms with van der Waals surface area (Å²) in [7, 11) is 3.30. The Bertz CT molecular complexity index is 539. The summed E-state index contributed by atoms with van der Waals surface area (Å²) in [5.41, 5.74) is 0.823. The van der Waals surface area contributed by atoms with Gasteiger partial charge in [0.1, 0.15) is 5.69 Å². The summed E-state index contributed by atoms with van der Waals surface area (Å²) in [6, 6.07) is 4.40. The Morgan fingerprint density at radius 1 is 1.38 bits per heavy atom. The average molecular weight is 293 g/mol. The van der Waals surface area contributed by atoms with Crippen molar-refractivity contribution in [2.45, 2.75) is 27.2 Å². The fourth-order valence-corrected chi connectivity index (χ4v) is 1.69. The molecule has 116 valence electrons. The first-order valence-corrected chi connectivity index (χ1v) is 6.92. The summed E-state index contributed by atoms with van der Waals surface area (Å²) in [5.74, 6) is -0.178. The number of nitro groups is 1. The number of nitrogens with one attached hydrogen (secondary N) is 1. The Labute approximate surface area is 125 Å². The van der Waals surface area contributed by atoms with E-state index in [9.17, 15) is 14.9 Å². The SMILES string of the molecule is CCC(C)(C)CNc1cc(C(=O)N(C)C)ccc1[N+](=O)[O-]. The maximum atomic E-state index is 12.0. The molecule has 0 saturated carbocycles. The van der Waals surface area contributed by atoms with E-state index in [2.05, 4.69) is 26.1 Å². The van der Waals surface area contributed by atoms with E-state index in [-0.39, 0.29) is 17.0 Å². The summed E-state index contributed by atoms with van der Waals surface area (Å²) in [6.45, 7) is 6.84. The molecule has 0 aliphatic carbocycles. The number of nitrogens with zero attached hydrogens (tertiary/aromatic N) is 2. The highest BCUT2D eigenvalue weighted by atomic mass is 16.6. The Morgan fingerprint density at radius 3 is 2.48 bits per heavy atom. The molecule has 1 aromatic rings. The first-order chi connectivity index (χ1) is 9.68. The van der Waals surface area contributed by atoms with Crippen LogP contribution in [-0.4, -0.2) is 36.4 Å². The normalized spacial score (nSPS) is 11.1. The third kappa shape index (κ3) is 4.44. The van der Waals surface area contributed by atoms with Gasteiger partial charge in [-0.1, -0.05) is 20.8 Å². The molecule has 0 unspecified atom stereocenters. The quantitative estimate of drug-likeness (QED) is 0.645. The number of anilines is 1. The van der Waals surface area contributed by atoms with E-state index < -0.39 is 4.92 Å². The topological polar surface area (TPSA) is 75.5 Å². The molecular weight excluding hydrogens is 270 g/mol. The van der Waals surface area contributed by atoms with Gasteiger partial charge in [0.25, 0.3) is 11.6 Å². The smallest absolute Gasteiger partial charge is 0.292 e. The molecule has 0 radical (unpaired) electrons. The highest BCUT2D eigenvalue weighted by molar-refractivity contribution is 5.95. The lowest BCUT2D eigenvalue weighted by atomic mass is 9.90. The molecule has 0 aliphatic rings. The van der Waals surface area contributed by atoms with Crippen LogP contribution in [0.3, 0.4) is 0 Å². The van der Waals surface area contributed by atoms with Gasteiger partial charge in [-0.25, -0.2) is 0 Å². The van der Waals surface area contributed by atoms with Gasteiger partial charge in [-0.2, -0.15) is 0 Å². The number of nitro benzene ring substituents is 1. The molecule has 0 fully saturated rings. The molecular formula is C15H23N3O3. The Morgan fingerprint density at radius 2 is 2.00 bits per heavy atom. The lowest BCUT2D eigenvalue weighted by molar-refractivity contribution is -0.384. The predicted molar refractivity (Wildman–Crippen MR) is 83.7 cm³/mol. The number of carbonyl (C=O) groups excluding carboxylic acids is 1. The maximum Gasteiger partial charge on any atom is 0.292 e. The van der Waals surface area contributed by atoms with Crippen LogP contribution >= 0.6 is 0 Å². The minimum atomic E-state index is -0.439. The number of benzene rings is 1. The van der Waals surface area contributed by atoms with Gasteiger partial charge in [-0.15, -0.1) is 0 Å². The second-order valence-electron chi connectivity index (χ2n) is 6.06. The van der Waals surface area contributed by atoms with Crippen LogP contribution < -0.4 is 5.32 Å². The summed E-state index contributed by atoms with van der Waals surface area (Å²) in [5, 5.41) is 14.2. The summed E-state index contributed by atoms with van der Waals surface area (Å²) in [6.07, 6.45) is 0.949. The molecule has 0 saturated heterocycles. The van der Waals surface area contributed by atoms with E-state index in [4.69, 9.17) is 0 Å². The Balaban J connectivity index is 3.10. The molecule has 0 heterocycles. The van der Waals surface area contributed by atoms with E-state index >= 15 is 0 Å². The first-order valence-electron chi connectivity index (χ1n) is 6.92. The van der Waals surface area contributed by atoms with Gasteiger partial charge < -0.3 is 10.2 Å². The maximum absolute atomic E-state index is 12.0. The molecule has 0 aliphatic heterocycles. The minimum Gasteiger partial charge on any atom is -0.379 e. The van der Waals surface area contributed by atoms with Crippen molar-refractivity contribution in [2.24, 2.45) is 5.41 Å². The van der Waals surface area contributed by atoms with Gasteiger partial charge in [0.15, 0.2) is 0 Å². The summed E-state index contributed by atoms with van der Waals surface area (Å²) in [4.78, 5) is 24.1. The van der Waals surface area contributed by atoms with Crippen LogP contribution in [0.4, 0.5) is 11.4 Å². The lowest BCUT2D eigenvalue weighted by Crippen LogP contribution is -2.24. The van der Waals surface area contributed by atoms with Crippen molar-refractivity contribution in [3.63, 3.8) is 0 Å². The Kier molecular flexibility index (Phi) is 5.29. The third-order valence-electron chi connectivity index (χ3n) is 3.56. The van der Waals surface area contributed by atoms with Crippen LogP contribution in [0.5, 0.6) is 0 Å². The van der Waals surface area contributed by atoms with Crippen molar-refractivity contribution in [2.75, 3.05) is 26.0 Å². The average Bonchev–Trinajstić information content (AvgIpc) is 2.43. The number of rotatable bonds is 6. The van der Waals surface area contributed by atoms with Crippen molar-refractivity contribution in [1.29, 1.82) is 0 Å².